The van der Waals surface area contributed by atoms with Gasteiger partial charge in [-0.1, -0.05) is 6.08 Å². The van der Waals surface area contributed by atoms with Crippen molar-refractivity contribution in [1.82, 2.24) is 9.80 Å². The van der Waals surface area contributed by atoms with E-state index in [4.69, 9.17) is 0 Å². The Kier molecular flexibility index (Phi) is 4.89. The molecule has 102 valence electrons. The van der Waals surface area contributed by atoms with Gasteiger partial charge in [-0.2, -0.15) is 0 Å². The maximum Gasteiger partial charge on any atom is 0.240 e. The summed E-state index contributed by atoms with van der Waals surface area (Å²) >= 11 is 0. The first-order chi connectivity index (χ1) is 8.42. The van der Waals surface area contributed by atoms with E-state index in [2.05, 4.69) is 6.58 Å². The molecule has 0 radical (unpaired) electrons. The van der Waals surface area contributed by atoms with Crippen molar-refractivity contribution in [2.45, 2.75) is 12.2 Å². The van der Waals surface area contributed by atoms with Crippen LogP contribution in [0.5, 0.6) is 0 Å². The predicted octanol–water partition coefficient (Wildman–Crippen LogP) is -0.724. The molecule has 1 saturated heterocycles. The van der Waals surface area contributed by atoms with Gasteiger partial charge in [-0.25, -0.2) is 8.42 Å². The smallest absolute Gasteiger partial charge is 0.240 e. The highest BCUT2D eigenvalue weighted by Gasteiger charge is 2.32. The van der Waals surface area contributed by atoms with E-state index in [1.165, 1.54) is 17.9 Å². The van der Waals surface area contributed by atoms with E-state index in [1.54, 1.807) is 4.90 Å². The van der Waals surface area contributed by atoms with Gasteiger partial charge in [-0.15, -0.1) is 6.58 Å². The molecule has 1 unspecified atom stereocenters. The summed E-state index contributed by atoms with van der Waals surface area (Å²) in [6.45, 7) is 6.42. The van der Waals surface area contributed by atoms with Crippen molar-refractivity contribution in [3.8, 4) is 0 Å². The topological polar surface area (TPSA) is 74.8 Å². The number of piperazine rings is 1. The van der Waals surface area contributed by atoms with Crippen molar-refractivity contribution in [3.05, 3.63) is 12.7 Å². The van der Waals surface area contributed by atoms with E-state index in [9.17, 15) is 18.0 Å². The average molecular weight is 274 g/mol. The summed E-state index contributed by atoms with van der Waals surface area (Å²) in [6.07, 6.45) is 2.02. The zero-order valence-corrected chi connectivity index (χ0v) is 11.2. The standard InChI is InChI=1S/C11H18N2O4S/c1-3-8-18(16,17)10(2)11(15)13-6-4-12(9-14)5-7-13/h3,9-10H,1,4-8H2,2H3. The number of rotatable bonds is 5. The summed E-state index contributed by atoms with van der Waals surface area (Å²) in [5, 5.41) is -1.06. The zero-order valence-electron chi connectivity index (χ0n) is 10.4. The lowest BCUT2D eigenvalue weighted by atomic mass is 10.3. The van der Waals surface area contributed by atoms with Gasteiger partial charge in [-0.05, 0) is 6.92 Å². The molecular formula is C11H18N2O4S. The normalized spacial score (nSPS) is 18.3. The molecule has 0 N–H and O–H groups in total. The van der Waals surface area contributed by atoms with Crippen LogP contribution in [0.4, 0.5) is 0 Å². The highest BCUT2D eigenvalue weighted by molar-refractivity contribution is 7.92. The van der Waals surface area contributed by atoms with E-state index in [0.29, 0.717) is 26.2 Å². The van der Waals surface area contributed by atoms with Crippen molar-refractivity contribution < 1.29 is 18.0 Å². The monoisotopic (exact) mass is 274 g/mol. The Morgan fingerprint density at radius 3 is 2.33 bits per heavy atom. The molecule has 1 aliphatic heterocycles. The van der Waals surface area contributed by atoms with Crippen LogP contribution in [0.2, 0.25) is 0 Å². The largest absolute Gasteiger partial charge is 0.342 e. The molecule has 0 aromatic heterocycles. The average Bonchev–Trinajstić information content (AvgIpc) is 2.37. The van der Waals surface area contributed by atoms with Crippen molar-refractivity contribution in [1.29, 1.82) is 0 Å². The molecule has 6 nitrogen and oxygen atoms in total. The second-order valence-electron chi connectivity index (χ2n) is 4.23. The minimum atomic E-state index is -3.47. The van der Waals surface area contributed by atoms with Crippen LogP contribution in [0, 0.1) is 0 Å². The molecule has 1 aliphatic rings. The first-order valence-corrected chi connectivity index (χ1v) is 7.44. The third-order valence-electron chi connectivity index (χ3n) is 3.01. The molecule has 1 heterocycles. The quantitative estimate of drug-likeness (QED) is 0.489. The minimum Gasteiger partial charge on any atom is -0.342 e. The Hall–Kier alpha value is -1.37. The molecular weight excluding hydrogens is 256 g/mol. The fraction of sp³-hybridized carbons (Fsp3) is 0.636. The molecule has 0 saturated carbocycles. The van der Waals surface area contributed by atoms with Crippen LogP contribution in [0.3, 0.4) is 0 Å². The zero-order chi connectivity index (χ0) is 13.8. The lowest BCUT2D eigenvalue weighted by Crippen LogP contribution is -2.51. The fourth-order valence-electron chi connectivity index (χ4n) is 1.77. The Morgan fingerprint density at radius 2 is 1.89 bits per heavy atom. The summed E-state index contributed by atoms with van der Waals surface area (Å²) in [5.74, 6) is -0.601. The summed E-state index contributed by atoms with van der Waals surface area (Å²) in [6, 6.07) is 0. The van der Waals surface area contributed by atoms with Crippen LogP contribution in [-0.4, -0.2) is 67.7 Å². The Bertz CT molecular complexity index is 424. The van der Waals surface area contributed by atoms with Crippen LogP contribution in [0.25, 0.3) is 0 Å². The molecule has 0 aliphatic carbocycles. The van der Waals surface area contributed by atoms with Gasteiger partial charge >= 0.3 is 0 Å². The van der Waals surface area contributed by atoms with Crippen LogP contribution in [-0.2, 0) is 19.4 Å². The second kappa shape index (κ2) is 5.99. The highest BCUT2D eigenvalue weighted by Crippen LogP contribution is 2.09. The third kappa shape index (κ3) is 3.32. The SMILES string of the molecule is C=CCS(=O)(=O)C(C)C(=O)N1CCN(C=O)CC1. The number of sulfone groups is 1. The van der Waals surface area contributed by atoms with Gasteiger partial charge in [0.25, 0.3) is 0 Å². The lowest BCUT2D eigenvalue weighted by Gasteiger charge is -2.33. The number of hydrogen-bond acceptors (Lipinski definition) is 4. The van der Waals surface area contributed by atoms with Gasteiger partial charge in [0.05, 0.1) is 5.75 Å². The van der Waals surface area contributed by atoms with Crippen molar-refractivity contribution in [3.63, 3.8) is 0 Å². The highest BCUT2D eigenvalue weighted by atomic mass is 32.2. The summed E-state index contributed by atoms with van der Waals surface area (Å²) in [5.41, 5.74) is 0. The third-order valence-corrected chi connectivity index (χ3v) is 4.99. The summed E-state index contributed by atoms with van der Waals surface area (Å²) < 4.78 is 23.5. The number of amides is 2. The Labute approximate surface area is 107 Å². The van der Waals surface area contributed by atoms with Gasteiger partial charge < -0.3 is 9.80 Å². The second-order valence-corrected chi connectivity index (χ2v) is 6.59. The molecule has 7 heteroatoms. The van der Waals surface area contributed by atoms with Crippen LogP contribution in [0.15, 0.2) is 12.7 Å². The fourth-order valence-corrected chi connectivity index (χ4v) is 2.84. The number of hydrogen-bond donors (Lipinski definition) is 0. The molecule has 0 aromatic rings. The molecule has 0 spiro atoms. The number of carbonyl (C=O) groups is 2. The van der Waals surface area contributed by atoms with E-state index in [0.717, 1.165) is 6.41 Å². The minimum absolute atomic E-state index is 0.200. The van der Waals surface area contributed by atoms with Crippen molar-refractivity contribution >= 4 is 22.2 Å². The van der Waals surface area contributed by atoms with E-state index in [1.807, 2.05) is 0 Å². The van der Waals surface area contributed by atoms with E-state index in [-0.39, 0.29) is 5.75 Å². The van der Waals surface area contributed by atoms with Gasteiger partial charge in [0.1, 0.15) is 5.25 Å². The van der Waals surface area contributed by atoms with Crippen LogP contribution in [0.1, 0.15) is 6.92 Å². The van der Waals surface area contributed by atoms with E-state index >= 15 is 0 Å². The van der Waals surface area contributed by atoms with Gasteiger partial charge in [-0.3, -0.25) is 9.59 Å². The maximum atomic E-state index is 12.0. The molecule has 0 bridgehead atoms. The first kappa shape index (κ1) is 14.7. The predicted molar refractivity (Wildman–Crippen MR) is 67.7 cm³/mol. The summed E-state index contributed by atoms with van der Waals surface area (Å²) in [7, 11) is -3.47. The lowest BCUT2D eigenvalue weighted by molar-refractivity contribution is -0.134. The van der Waals surface area contributed by atoms with Gasteiger partial charge in [0.15, 0.2) is 9.84 Å². The van der Waals surface area contributed by atoms with E-state index < -0.39 is 21.0 Å². The van der Waals surface area contributed by atoms with Crippen LogP contribution >= 0.6 is 0 Å². The maximum absolute atomic E-state index is 12.0. The number of carbonyl (C=O) groups excluding carboxylic acids is 2. The van der Waals surface area contributed by atoms with Gasteiger partial charge in [0, 0.05) is 26.2 Å². The Morgan fingerprint density at radius 1 is 1.33 bits per heavy atom. The first-order valence-electron chi connectivity index (χ1n) is 5.73. The molecule has 2 amide bonds. The summed E-state index contributed by atoms with van der Waals surface area (Å²) in [4.78, 5) is 25.6. The molecule has 18 heavy (non-hydrogen) atoms. The molecule has 0 aromatic carbocycles. The Balaban J connectivity index is 2.65. The van der Waals surface area contributed by atoms with Crippen LogP contribution < -0.4 is 0 Å². The molecule has 1 fully saturated rings. The van der Waals surface area contributed by atoms with Crippen molar-refractivity contribution in [2.75, 3.05) is 31.9 Å². The molecule has 1 atom stereocenters. The van der Waals surface area contributed by atoms with Gasteiger partial charge in [0.2, 0.25) is 12.3 Å². The molecule has 1 rings (SSSR count). The van der Waals surface area contributed by atoms with Crippen molar-refractivity contribution in [2.24, 2.45) is 0 Å². The number of nitrogens with zero attached hydrogens (tertiary/aromatic N) is 2.